The summed E-state index contributed by atoms with van der Waals surface area (Å²) in [5, 5.41) is 0. The molecule has 1 unspecified atom stereocenters. The van der Waals surface area contributed by atoms with Gasteiger partial charge in [0, 0.05) is 25.7 Å². The average molecular weight is 272 g/mol. The fourth-order valence-electron chi connectivity index (χ4n) is 3.95. The van der Waals surface area contributed by atoms with Gasteiger partial charge in [-0.1, -0.05) is 31.2 Å². The second-order valence-electron chi connectivity index (χ2n) is 6.34. The molecule has 2 heteroatoms. The SMILES string of the molecule is CCCN1CCCN(C2CCCc3ccccc32)CC1. The van der Waals surface area contributed by atoms with Gasteiger partial charge in [-0.2, -0.15) is 0 Å². The number of hydrogen-bond acceptors (Lipinski definition) is 2. The van der Waals surface area contributed by atoms with Gasteiger partial charge in [0.1, 0.15) is 0 Å². The molecule has 0 aromatic heterocycles. The van der Waals surface area contributed by atoms with Crippen molar-refractivity contribution < 1.29 is 0 Å². The van der Waals surface area contributed by atoms with Crippen LogP contribution in [0.15, 0.2) is 24.3 Å². The van der Waals surface area contributed by atoms with Crippen LogP contribution in [0.25, 0.3) is 0 Å². The Morgan fingerprint density at radius 1 is 1.05 bits per heavy atom. The minimum atomic E-state index is 0.682. The van der Waals surface area contributed by atoms with Crippen molar-refractivity contribution in [2.75, 3.05) is 32.7 Å². The first-order chi connectivity index (χ1) is 9.88. The molecule has 1 heterocycles. The Hall–Kier alpha value is -0.860. The highest BCUT2D eigenvalue weighted by Gasteiger charge is 2.26. The van der Waals surface area contributed by atoms with Crippen molar-refractivity contribution >= 4 is 0 Å². The van der Waals surface area contributed by atoms with Crippen LogP contribution >= 0.6 is 0 Å². The Labute approximate surface area is 123 Å². The molecule has 110 valence electrons. The molecule has 1 aliphatic carbocycles. The van der Waals surface area contributed by atoms with Crippen molar-refractivity contribution in [3.05, 3.63) is 35.4 Å². The van der Waals surface area contributed by atoms with Gasteiger partial charge < -0.3 is 4.90 Å². The first kappa shape index (κ1) is 14.1. The van der Waals surface area contributed by atoms with E-state index in [1.165, 1.54) is 64.8 Å². The Balaban J connectivity index is 1.71. The van der Waals surface area contributed by atoms with Crippen molar-refractivity contribution in [3.63, 3.8) is 0 Å². The molecular formula is C18H28N2. The molecule has 1 aromatic rings. The number of benzene rings is 1. The first-order valence-corrected chi connectivity index (χ1v) is 8.42. The second kappa shape index (κ2) is 6.73. The lowest BCUT2D eigenvalue weighted by atomic mass is 9.87. The zero-order valence-electron chi connectivity index (χ0n) is 12.9. The fraction of sp³-hybridized carbons (Fsp3) is 0.667. The number of hydrogen-bond donors (Lipinski definition) is 0. The summed E-state index contributed by atoms with van der Waals surface area (Å²) in [6.45, 7) is 8.64. The van der Waals surface area contributed by atoms with E-state index in [0.29, 0.717) is 6.04 Å². The van der Waals surface area contributed by atoms with E-state index in [1.54, 1.807) is 11.1 Å². The average Bonchev–Trinajstić information content (AvgIpc) is 2.73. The van der Waals surface area contributed by atoms with E-state index in [-0.39, 0.29) is 0 Å². The predicted molar refractivity (Wildman–Crippen MR) is 85.0 cm³/mol. The molecule has 20 heavy (non-hydrogen) atoms. The predicted octanol–water partition coefficient (Wildman–Crippen LogP) is 3.48. The Bertz CT molecular complexity index is 429. The van der Waals surface area contributed by atoms with Gasteiger partial charge in [-0.05, 0) is 56.3 Å². The van der Waals surface area contributed by atoms with Gasteiger partial charge >= 0.3 is 0 Å². The monoisotopic (exact) mass is 272 g/mol. The maximum atomic E-state index is 2.76. The smallest absolute Gasteiger partial charge is 0.0351 e. The van der Waals surface area contributed by atoms with Crippen molar-refractivity contribution in [1.29, 1.82) is 0 Å². The van der Waals surface area contributed by atoms with Crippen LogP contribution in [-0.2, 0) is 6.42 Å². The van der Waals surface area contributed by atoms with Crippen molar-refractivity contribution in [2.24, 2.45) is 0 Å². The number of rotatable bonds is 3. The zero-order chi connectivity index (χ0) is 13.8. The molecule has 0 N–H and O–H groups in total. The highest BCUT2D eigenvalue weighted by Crippen LogP contribution is 2.34. The van der Waals surface area contributed by atoms with Gasteiger partial charge in [-0.15, -0.1) is 0 Å². The van der Waals surface area contributed by atoms with Gasteiger partial charge in [-0.25, -0.2) is 0 Å². The Morgan fingerprint density at radius 3 is 2.85 bits per heavy atom. The normalized spacial score (nSPS) is 25.1. The summed E-state index contributed by atoms with van der Waals surface area (Å²) in [5.41, 5.74) is 3.21. The topological polar surface area (TPSA) is 6.48 Å². The van der Waals surface area contributed by atoms with Gasteiger partial charge in [0.15, 0.2) is 0 Å². The van der Waals surface area contributed by atoms with Crippen molar-refractivity contribution in [1.82, 2.24) is 9.80 Å². The highest BCUT2D eigenvalue weighted by atomic mass is 15.2. The molecule has 1 aromatic carbocycles. The van der Waals surface area contributed by atoms with Crippen LogP contribution in [0.5, 0.6) is 0 Å². The summed E-state index contributed by atoms with van der Waals surface area (Å²) in [6.07, 6.45) is 6.61. The van der Waals surface area contributed by atoms with Crippen LogP contribution in [0.2, 0.25) is 0 Å². The highest BCUT2D eigenvalue weighted by molar-refractivity contribution is 5.32. The molecule has 2 nitrogen and oxygen atoms in total. The summed E-state index contributed by atoms with van der Waals surface area (Å²) in [7, 11) is 0. The molecule has 1 fully saturated rings. The maximum absolute atomic E-state index is 2.76. The summed E-state index contributed by atoms with van der Waals surface area (Å²) in [6, 6.07) is 9.81. The second-order valence-corrected chi connectivity index (χ2v) is 6.34. The zero-order valence-corrected chi connectivity index (χ0v) is 12.9. The van der Waals surface area contributed by atoms with E-state index in [1.807, 2.05) is 0 Å². The molecule has 3 rings (SSSR count). The molecule has 0 amide bonds. The minimum Gasteiger partial charge on any atom is -0.302 e. The van der Waals surface area contributed by atoms with Crippen LogP contribution in [0.4, 0.5) is 0 Å². The molecule has 0 saturated carbocycles. The van der Waals surface area contributed by atoms with E-state index >= 15 is 0 Å². The van der Waals surface area contributed by atoms with Gasteiger partial charge in [0.25, 0.3) is 0 Å². The molecule has 1 atom stereocenters. The fourth-order valence-corrected chi connectivity index (χ4v) is 3.95. The lowest BCUT2D eigenvalue weighted by Crippen LogP contribution is -2.35. The van der Waals surface area contributed by atoms with Gasteiger partial charge in [0.2, 0.25) is 0 Å². The lowest BCUT2D eigenvalue weighted by molar-refractivity contribution is 0.181. The summed E-state index contributed by atoms with van der Waals surface area (Å²) >= 11 is 0. The standard InChI is InChI=1S/C18H28N2/c1-2-11-19-12-6-13-20(15-14-19)18-10-5-8-16-7-3-4-9-17(16)18/h3-4,7,9,18H,2,5-6,8,10-15H2,1H3. The largest absolute Gasteiger partial charge is 0.302 e. The van der Waals surface area contributed by atoms with Crippen molar-refractivity contribution in [3.8, 4) is 0 Å². The molecular weight excluding hydrogens is 244 g/mol. The van der Waals surface area contributed by atoms with Gasteiger partial charge in [0.05, 0.1) is 0 Å². The van der Waals surface area contributed by atoms with E-state index in [4.69, 9.17) is 0 Å². The summed E-state index contributed by atoms with van der Waals surface area (Å²) in [4.78, 5) is 5.41. The maximum Gasteiger partial charge on any atom is 0.0351 e. The molecule has 0 spiro atoms. The lowest BCUT2D eigenvalue weighted by Gasteiger charge is -2.35. The third-order valence-electron chi connectivity index (χ3n) is 4.94. The quantitative estimate of drug-likeness (QED) is 0.831. The van der Waals surface area contributed by atoms with Crippen LogP contribution < -0.4 is 0 Å². The van der Waals surface area contributed by atoms with Crippen LogP contribution in [0.3, 0.4) is 0 Å². The first-order valence-electron chi connectivity index (χ1n) is 8.42. The Morgan fingerprint density at radius 2 is 1.95 bits per heavy atom. The van der Waals surface area contributed by atoms with E-state index < -0.39 is 0 Å². The van der Waals surface area contributed by atoms with E-state index in [2.05, 4.69) is 41.0 Å². The molecule has 1 saturated heterocycles. The number of fused-ring (bicyclic) bond motifs is 1. The van der Waals surface area contributed by atoms with Crippen molar-refractivity contribution in [2.45, 2.75) is 45.1 Å². The van der Waals surface area contributed by atoms with Gasteiger partial charge in [-0.3, -0.25) is 4.90 Å². The van der Waals surface area contributed by atoms with Crippen LogP contribution in [0.1, 0.15) is 49.8 Å². The molecule has 0 bridgehead atoms. The molecule has 0 radical (unpaired) electrons. The summed E-state index contributed by atoms with van der Waals surface area (Å²) < 4.78 is 0. The van der Waals surface area contributed by atoms with E-state index in [0.717, 1.165) is 0 Å². The Kier molecular flexibility index (Phi) is 4.74. The van der Waals surface area contributed by atoms with Crippen LogP contribution in [0, 0.1) is 0 Å². The van der Waals surface area contributed by atoms with Crippen LogP contribution in [-0.4, -0.2) is 42.5 Å². The number of nitrogens with zero attached hydrogens (tertiary/aromatic N) is 2. The van der Waals surface area contributed by atoms with E-state index in [9.17, 15) is 0 Å². The third kappa shape index (κ3) is 3.07. The third-order valence-corrected chi connectivity index (χ3v) is 4.94. The number of aryl methyl sites for hydroxylation is 1. The molecule has 2 aliphatic rings. The molecule has 1 aliphatic heterocycles. The summed E-state index contributed by atoms with van der Waals surface area (Å²) in [5.74, 6) is 0. The minimum absolute atomic E-state index is 0.682.